The Hall–Kier alpha value is -2.74. The number of carbonyl (C=O) groups is 2. The minimum absolute atomic E-state index is 0.0994. The molecule has 2 N–H and O–H groups in total. The van der Waals surface area contributed by atoms with E-state index in [2.05, 4.69) is 20.7 Å². The molecular formula is C21H27FN4O3. The molecule has 0 aliphatic carbocycles. The Kier molecular flexibility index (Phi) is 6.98. The van der Waals surface area contributed by atoms with Crippen LogP contribution in [0.1, 0.15) is 29.9 Å². The summed E-state index contributed by atoms with van der Waals surface area (Å²) in [4.78, 5) is 26.5. The van der Waals surface area contributed by atoms with Crippen molar-refractivity contribution in [1.29, 1.82) is 0 Å². The summed E-state index contributed by atoms with van der Waals surface area (Å²) >= 11 is 0. The Bertz CT molecular complexity index is 867. The highest BCUT2D eigenvalue weighted by Gasteiger charge is 2.22. The molecule has 2 amide bonds. The number of nitrogens with one attached hydrogen (secondary N) is 2. The van der Waals surface area contributed by atoms with Gasteiger partial charge in [-0.15, -0.1) is 0 Å². The van der Waals surface area contributed by atoms with Crippen molar-refractivity contribution in [2.75, 3.05) is 31.5 Å². The predicted molar refractivity (Wildman–Crippen MR) is 107 cm³/mol. The van der Waals surface area contributed by atoms with E-state index in [1.165, 1.54) is 6.07 Å². The Labute approximate surface area is 169 Å². The lowest BCUT2D eigenvalue weighted by molar-refractivity contribution is -0.121. The van der Waals surface area contributed by atoms with Gasteiger partial charge in [0.15, 0.2) is 0 Å². The number of anilines is 1. The van der Waals surface area contributed by atoms with Gasteiger partial charge in [0.05, 0.1) is 18.7 Å². The van der Waals surface area contributed by atoms with Gasteiger partial charge in [0, 0.05) is 30.4 Å². The Morgan fingerprint density at radius 3 is 2.90 bits per heavy atom. The number of amides is 2. The number of piperidine rings is 1. The van der Waals surface area contributed by atoms with Crippen molar-refractivity contribution in [2.45, 2.75) is 33.1 Å². The smallest absolute Gasteiger partial charge is 0.238 e. The molecule has 0 radical (unpaired) electrons. The van der Waals surface area contributed by atoms with Crippen molar-refractivity contribution in [2.24, 2.45) is 5.92 Å². The van der Waals surface area contributed by atoms with Crippen LogP contribution in [-0.2, 0) is 16.0 Å². The largest absolute Gasteiger partial charge is 0.361 e. The number of rotatable bonds is 7. The normalized spacial score (nSPS) is 17.1. The number of benzene rings is 1. The van der Waals surface area contributed by atoms with Gasteiger partial charge < -0.3 is 15.2 Å². The van der Waals surface area contributed by atoms with Crippen molar-refractivity contribution in [1.82, 2.24) is 15.4 Å². The van der Waals surface area contributed by atoms with Crippen LogP contribution in [0, 0.1) is 25.6 Å². The summed E-state index contributed by atoms with van der Waals surface area (Å²) in [5.41, 5.74) is 1.68. The van der Waals surface area contributed by atoms with Crippen LogP contribution in [0.2, 0.25) is 0 Å². The maximum absolute atomic E-state index is 13.6. The molecule has 1 aromatic carbocycles. The lowest BCUT2D eigenvalue weighted by Crippen LogP contribution is -2.44. The van der Waals surface area contributed by atoms with E-state index in [1.807, 2.05) is 6.92 Å². The molecule has 7 nitrogen and oxygen atoms in total. The molecule has 3 rings (SSSR count). The van der Waals surface area contributed by atoms with Crippen molar-refractivity contribution in [3.05, 3.63) is 47.1 Å². The van der Waals surface area contributed by atoms with Crippen LogP contribution in [0.4, 0.5) is 10.1 Å². The van der Waals surface area contributed by atoms with E-state index < -0.39 is 0 Å². The van der Waals surface area contributed by atoms with E-state index in [0.717, 1.165) is 31.6 Å². The Morgan fingerprint density at radius 2 is 2.14 bits per heavy atom. The Morgan fingerprint density at radius 1 is 1.31 bits per heavy atom. The van der Waals surface area contributed by atoms with Crippen molar-refractivity contribution >= 4 is 17.5 Å². The highest BCUT2D eigenvalue weighted by molar-refractivity contribution is 5.93. The summed E-state index contributed by atoms with van der Waals surface area (Å²) in [7, 11) is 0. The van der Waals surface area contributed by atoms with E-state index in [9.17, 15) is 14.0 Å². The van der Waals surface area contributed by atoms with Crippen LogP contribution >= 0.6 is 0 Å². The number of carbonyl (C=O) groups excluding carboxylic acids is 2. The average Bonchev–Trinajstić information content (AvgIpc) is 3.09. The van der Waals surface area contributed by atoms with E-state index in [0.29, 0.717) is 23.6 Å². The minimum atomic E-state index is -0.336. The molecule has 1 unspecified atom stereocenters. The van der Waals surface area contributed by atoms with E-state index in [1.54, 1.807) is 25.1 Å². The third-order valence-electron chi connectivity index (χ3n) is 5.11. The predicted octanol–water partition coefficient (Wildman–Crippen LogP) is 2.44. The third kappa shape index (κ3) is 6.12. The van der Waals surface area contributed by atoms with Crippen molar-refractivity contribution in [3.63, 3.8) is 0 Å². The van der Waals surface area contributed by atoms with Gasteiger partial charge in [-0.2, -0.15) is 0 Å². The first kappa shape index (κ1) is 21.0. The fourth-order valence-electron chi connectivity index (χ4n) is 3.58. The summed E-state index contributed by atoms with van der Waals surface area (Å²) < 4.78 is 18.7. The van der Waals surface area contributed by atoms with Crippen LogP contribution < -0.4 is 10.6 Å². The molecule has 2 heterocycles. The molecule has 0 spiro atoms. The number of aromatic nitrogens is 1. The molecular weight excluding hydrogens is 375 g/mol. The first-order valence-corrected chi connectivity index (χ1v) is 9.87. The Balaban J connectivity index is 1.43. The standard InChI is InChI=1S/C21H27FN4O3/c1-14-9-17(29-25-14)10-20(27)23-11-16-5-4-8-26(12-16)13-21(28)24-19-7-3-6-18(22)15(19)2/h3,6-7,9,16H,4-5,8,10-13H2,1-2H3,(H,23,27)(H,24,28). The molecule has 1 saturated heterocycles. The molecule has 1 aromatic heterocycles. The van der Waals surface area contributed by atoms with Gasteiger partial charge in [-0.25, -0.2) is 4.39 Å². The minimum Gasteiger partial charge on any atom is -0.361 e. The summed E-state index contributed by atoms with van der Waals surface area (Å²) in [6.07, 6.45) is 2.14. The molecule has 156 valence electrons. The number of halogens is 1. The lowest BCUT2D eigenvalue weighted by Gasteiger charge is -2.32. The van der Waals surface area contributed by atoms with Gasteiger partial charge in [0.25, 0.3) is 0 Å². The third-order valence-corrected chi connectivity index (χ3v) is 5.11. The van der Waals surface area contributed by atoms with Gasteiger partial charge in [0.1, 0.15) is 11.6 Å². The molecule has 0 bridgehead atoms. The van der Waals surface area contributed by atoms with Gasteiger partial charge in [0.2, 0.25) is 11.8 Å². The molecule has 1 aliphatic heterocycles. The van der Waals surface area contributed by atoms with E-state index in [4.69, 9.17) is 4.52 Å². The monoisotopic (exact) mass is 402 g/mol. The maximum atomic E-state index is 13.6. The number of hydrogen-bond acceptors (Lipinski definition) is 5. The molecule has 29 heavy (non-hydrogen) atoms. The maximum Gasteiger partial charge on any atom is 0.238 e. The van der Waals surface area contributed by atoms with E-state index in [-0.39, 0.29) is 36.5 Å². The number of aryl methyl sites for hydroxylation is 1. The number of hydrogen-bond donors (Lipinski definition) is 2. The summed E-state index contributed by atoms with van der Waals surface area (Å²) in [6.45, 7) is 5.83. The molecule has 2 aromatic rings. The highest BCUT2D eigenvalue weighted by Crippen LogP contribution is 2.19. The zero-order chi connectivity index (χ0) is 20.8. The van der Waals surface area contributed by atoms with Gasteiger partial charge in [-0.05, 0) is 51.3 Å². The quantitative estimate of drug-likeness (QED) is 0.743. The second kappa shape index (κ2) is 9.65. The van der Waals surface area contributed by atoms with Crippen LogP contribution in [0.3, 0.4) is 0 Å². The lowest BCUT2D eigenvalue weighted by atomic mass is 9.98. The second-order valence-electron chi connectivity index (χ2n) is 7.62. The van der Waals surface area contributed by atoms with Crippen LogP contribution in [0.25, 0.3) is 0 Å². The topological polar surface area (TPSA) is 87.5 Å². The molecule has 1 aliphatic rings. The number of likely N-dealkylation sites (tertiary alicyclic amines) is 1. The van der Waals surface area contributed by atoms with Crippen LogP contribution in [0.5, 0.6) is 0 Å². The molecule has 0 saturated carbocycles. The summed E-state index contributed by atoms with van der Waals surface area (Å²) in [5.74, 6) is 0.237. The number of nitrogens with zero attached hydrogens (tertiary/aromatic N) is 2. The van der Waals surface area contributed by atoms with Crippen LogP contribution in [0.15, 0.2) is 28.8 Å². The fourth-order valence-corrected chi connectivity index (χ4v) is 3.58. The van der Waals surface area contributed by atoms with Gasteiger partial charge >= 0.3 is 0 Å². The zero-order valence-corrected chi connectivity index (χ0v) is 16.8. The van der Waals surface area contributed by atoms with Crippen molar-refractivity contribution < 1.29 is 18.5 Å². The summed E-state index contributed by atoms with van der Waals surface area (Å²) in [5, 5.41) is 9.50. The first-order valence-electron chi connectivity index (χ1n) is 9.87. The highest BCUT2D eigenvalue weighted by atomic mass is 19.1. The van der Waals surface area contributed by atoms with Crippen LogP contribution in [-0.4, -0.2) is 48.0 Å². The SMILES string of the molecule is Cc1cc(CC(=O)NCC2CCCN(CC(=O)Nc3cccc(F)c3C)C2)on1. The molecule has 1 atom stereocenters. The molecule has 8 heteroatoms. The zero-order valence-electron chi connectivity index (χ0n) is 16.8. The second-order valence-corrected chi connectivity index (χ2v) is 7.62. The molecule has 1 fully saturated rings. The van der Waals surface area contributed by atoms with Gasteiger partial charge in [-0.1, -0.05) is 11.2 Å². The first-order chi connectivity index (χ1) is 13.9. The van der Waals surface area contributed by atoms with Gasteiger partial charge in [-0.3, -0.25) is 14.5 Å². The fraction of sp³-hybridized carbons (Fsp3) is 0.476. The van der Waals surface area contributed by atoms with Crippen molar-refractivity contribution in [3.8, 4) is 0 Å². The summed E-state index contributed by atoms with van der Waals surface area (Å²) in [6, 6.07) is 6.40. The average molecular weight is 402 g/mol. The van der Waals surface area contributed by atoms with E-state index >= 15 is 0 Å².